The number of fused-ring (bicyclic) bond motifs is 1. The number of ether oxygens (including phenoxy) is 1. The Hall–Kier alpha value is -1.62. The highest BCUT2D eigenvalue weighted by Gasteiger charge is 2.13. The second-order valence-corrected chi connectivity index (χ2v) is 5.69. The Morgan fingerprint density at radius 2 is 1.95 bits per heavy atom. The van der Waals surface area contributed by atoms with Crippen LogP contribution in [0.25, 0.3) is 11.0 Å². The van der Waals surface area contributed by atoms with Gasteiger partial charge in [0.25, 0.3) is 0 Å². The first kappa shape index (κ1) is 13.4. The predicted molar refractivity (Wildman–Crippen MR) is 83.8 cm³/mol. The average molecular weight is 287 g/mol. The summed E-state index contributed by atoms with van der Waals surface area (Å²) in [5, 5.41) is 1.22. The monoisotopic (exact) mass is 287 g/mol. The Balaban J connectivity index is 1.87. The first-order valence-electron chi connectivity index (χ1n) is 6.91. The molecule has 5 heteroatoms. The molecule has 0 radical (unpaired) electrons. The van der Waals surface area contributed by atoms with Crippen LogP contribution in [0, 0.1) is 0 Å². The van der Waals surface area contributed by atoms with Gasteiger partial charge in [0.15, 0.2) is 0 Å². The maximum atomic E-state index is 5.64. The molecular formula is C15H17N3OS. The molecule has 104 valence electrons. The number of aromatic nitrogens is 2. The number of thioether (sulfide) groups is 1. The van der Waals surface area contributed by atoms with Crippen LogP contribution in [0.4, 0.5) is 0 Å². The van der Waals surface area contributed by atoms with E-state index in [0.29, 0.717) is 12.5 Å². The molecule has 2 heterocycles. The molecule has 0 saturated heterocycles. The van der Waals surface area contributed by atoms with E-state index in [4.69, 9.17) is 9.72 Å². The molecule has 2 aromatic rings. The van der Waals surface area contributed by atoms with E-state index < -0.39 is 0 Å². The zero-order valence-corrected chi connectivity index (χ0v) is 12.3. The molecule has 0 amide bonds. The highest BCUT2D eigenvalue weighted by atomic mass is 32.2. The minimum absolute atomic E-state index is 0.607. The quantitative estimate of drug-likeness (QED) is 0.847. The van der Waals surface area contributed by atoms with Crippen molar-refractivity contribution in [1.29, 1.82) is 0 Å². The SMILES string of the molecule is CCOc1nc2ccccc2nc1CCC1=NCCS1. The summed E-state index contributed by atoms with van der Waals surface area (Å²) in [4.78, 5) is 13.8. The van der Waals surface area contributed by atoms with Crippen LogP contribution in [-0.4, -0.2) is 33.9 Å². The topological polar surface area (TPSA) is 47.4 Å². The Labute approximate surface area is 122 Å². The molecular weight excluding hydrogens is 270 g/mol. The fraction of sp³-hybridized carbons (Fsp3) is 0.400. The summed E-state index contributed by atoms with van der Waals surface area (Å²) in [7, 11) is 0. The van der Waals surface area contributed by atoms with Gasteiger partial charge in [-0.3, -0.25) is 4.99 Å². The molecule has 0 atom stereocenters. The van der Waals surface area contributed by atoms with E-state index in [-0.39, 0.29) is 0 Å². The van der Waals surface area contributed by atoms with Crippen molar-refractivity contribution in [3.63, 3.8) is 0 Å². The maximum absolute atomic E-state index is 5.64. The highest BCUT2D eigenvalue weighted by molar-refractivity contribution is 8.14. The van der Waals surface area contributed by atoms with Crippen molar-refractivity contribution in [2.45, 2.75) is 19.8 Å². The van der Waals surface area contributed by atoms with E-state index in [0.717, 1.165) is 41.9 Å². The summed E-state index contributed by atoms with van der Waals surface area (Å²) in [6.45, 7) is 3.52. The number of benzene rings is 1. The number of para-hydroxylation sites is 2. The van der Waals surface area contributed by atoms with Gasteiger partial charge in [-0.25, -0.2) is 9.97 Å². The second-order valence-electron chi connectivity index (χ2n) is 4.52. The largest absolute Gasteiger partial charge is 0.477 e. The van der Waals surface area contributed by atoms with Gasteiger partial charge in [-0.2, -0.15) is 0 Å². The van der Waals surface area contributed by atoms with Crippen LogP contribution in [0.2, 0.25) is 0 Å². The lowest BCUT2D eigenvalue weighted by Gasteiger charge is -2.09. The van der Waals surface area contributed by atoms with Crippen molar-refractivity contribution < 1.29 is 4.74 Å². The van der Waals surface area contributed by atoms with Gasteiger partial charge in [-0.15, -0.1) is 11.8 Å². The minimum atomic E-state index is 0.607. The van der Waals surface area contributed by atoms with Crippen molar-refractivity contribution in [3.05, 3.63) is 30.0 Å². The summed E-state index contributed by atoms with van der Waals surface area (Å²) in [5.74, 6) is 1.77. The predicted octanol–water partition coefficient (Wildman–Crippen LogP) is 3.11. The van der Waals surface area contributed by atoms with Crippen LogP contribution in [-0.2, 0) is 6.42 Å². The lowest BCUT2D eigenvalue weighted by molar-refractivity contribution is 0.322. The molecule has 0 unspecified atom stereocenters. The number of hydrogen-bond donors (Lipinski definition) is 0. The Morgan fingerprint density at radius 3 is 2.65 bits per heavy atom. The fourth-order valence-corrected chi connectivity index (χ4v) is 3.04. The van der Waals surface area contributed by atoms with Crippen molar-refractivity contribution in [2.24, 2.45) is 4.99 Å². The van der Waals surface area contributed by atoms with Crippen molar-refractivity contribution in [1.82, 2.24) is 9.97 Å². The lowest BCUT2D eigenvalue weighted by atomic mass is 10.2. The summed E-state index contributed by atoms with van der Waals surface area (Å²) in [5.41, 5.74) is 2.74. The lowest BCUT2D eigenvalue weighted by Crippen LogP contribution is -2.04. The molecule has 1 aliphatic heterocycles. The van der Waals surface area contributed by atoms with Crippen LogP contribution in [0.1, 0.15) is 19.0 Å². The Kier molecular flexibility index (Phi) is 4.16. The van der Waals surface area contributed by atoms with Crippen molar-refractivity contribution in [3.8, 4) is 5.88 Å². The molecule has 4 nitrogen and oxygen atoms in total. The number of rotatable bonds is 5. The Morgan fingerprint density at radius 1 is 1.15 bits per heavy atom. The molecule has 1 aromatic carbocycles. The van der Waals surface area contributed by atoms with E-state index in [2.05, 4.69) is 9.98 Å². The molecule has 0 bridgehead atoms. The second kappa shape index (κ2) is 6.22. The minimum Gasteiger partial charge on any atom is -0.477 e. The van der Waals surface area contributed by atoms with E-state index in [1.165, 1.54) is 5.04 Å². The third-order valence-electron chi connectivity index (χ3n) is 3.11. The summed E-state index contributed by atoms with van der Waals surface area (Å²) in [6.07, 6.45) is 1.76. The van der Waals surface area contributed by atoms with Crippen LogP contribution >= 0.6 is 11.8 Å². The molecule has 20 heavy (non-hydrogen) atoms. The van der Waals surface area contributed by atoms with Gasteiger partial charge >= 0.3 is 0 Å². The van der Waals surface area contributed by atoms with Gasteiger partial charge in [-0.05, 0) is 19.1 Å². The molecule has 1 aliphatic rings. The zero-order chi connectivity index (χ0) is 13.8. The highest BCUT2D eigenvalue weighted by Crippen LogP contribution is 2.22. The molecule has 0 N–H and O–H groups in total. The smallest absolute Gasteiger partial charge is 0.236 e. The normalized spacial score (nSPS) is 14.6. The molecule has 3 rings (SSSR count). The fourth-order valence-electron chi connectivity index (χ4n) is 2.19. The molecule has 0 aliphatic carbocycles. The third-order valence-corrected chi connectivity index (χ3v) is 4.16. The van der Waals surface area contributed by atoms with Gasteiger partial charge < -0.3 is 4.74 Å². The van der Waals surface area contributed by atoms with Gasteiger partial charge in [0.1, 0.15) is 5.69 Å². The first-order valence-corrected chi connectivity index (χ1v) is 7.90. The summed E-state index contributed by atoms with van der Waals surface area (Å²) >= 11 is 1.85. The number of hydrogen-bond acceptors (Lipinski definition) is 5. The van der Waals surface area contributed by atoms with E-state index in [1.54, 1.807) is 0 Å². The van der Waals surface area contributed by atoms with E-state index in [9.17, 15) is 0 Å². The van der Waals surface area contributed by atoms with Crippen molar-refractivity contribution >= 4 is 27.8 Å². The standard InChI is InChI=1S/C15H17N3OS/c1-2-19-15-13(7-8-14-16-9-10-20-14)17-11-5-3-4-6-12(11)18-15/h3-6H,2,7-10H2,1H3. The summed E-state index contributed by atoms with van der Waals surface area (Å²) in [6, 6.07) is 7.91. The molecule has 0 fully saturated rings. The van der Waals surface area contributed by atoms with Gasteiger partial charge in [-0.1, -0.05) is 12.1 Å². The Bertz CT molecular complexity index is 642. The zero-order valence-electron chi connectivity index (χ0n) is 11.5. The molecule has 0 spiro atoms. The molecule has 1 aromatic heterocycles. The maximum Gasteiger partial charge on any atom is 0.236 e. The van der Waals surface area contributed by atoms with E-state index >= 15 is 0 Å². The van der Waals surface area contributed by atoms with E-state index in [1.807, 2.05) is 43.0 Å². The molecule has 0 saturated carbocycles. The van der Waals surface area contributed by atoms with Crippen molar-refractivity contribution in [2.75, 3.05) is 18.9 Å². The van der Waals surface area contributed by atoms with Gasteiger partial charge in [0.2, 0.25) is 5.88 Å². The van der Waals surface area contributed by atoms with Crippen LogP contribution in [0.5, 0.6) is 5.88 Å². The number of aliphatic imine (C=N–C) groups is 1. The van der Waals surface area contributed by atoms with Gasteiger partial charge in [0.05, 0.1) is 22.7 Å². The summed E-state index contributed by atoms with van der Waals surface area (Å²) < 4.78 is 5.64. The van der Waals surface area contributed by atoms with Crippen LogP contribution < -0.4 is 4.74 Å². The van der Waals surface area contributed by atoms with Crippen LogP contribution in [0.3, 0.4) is 0 Å². The average Bonchev–Trinajstić information content (AvgIpc) is 2.98. The third kappa shape index (κ3) is 2.93. The number of nitrogens with zero attached hydrogens (tertiary/aromatic N) is 3. The van der Waals surface area contributed by atoms with Crippen LogP contribution in [0.15, 0.2) is 29.3 Å². The first-order chi connectivity index (χ1) is 9.86. The van der Waals surface area contributed by atoms with Gasteiger partial charge in [0, 0.05) is 25.1 Å². The number of aryl methyl sites for hydroxylation is 1.